The molecule has 0 bridgehead atoms. The highest BCUT2D eigenvalue weighted by Crippen LogP contribution is 2.27. The van der Waals surface area contributed by atoms with Gasteiger partial charge in [-0.05, 0) is 48.7 Å². The monoisotopic (exact) mass is 372 g/mol. The molecule has 8 heteroatoms. The van der Waals surface area contributed by atoms with Crippen molar-refractivity contribution >= 4 is 22.8 Å². The van der Waals surface area contributed by atoms with Gasteiger partial charge >= 0.3 is 0 Å². The van der Waals surface area contributed by atoms with Crippen LogP contribution in [0.3, 0.4) is 0 Å². The molecule has 0 aliphatic carbocycles. The predicted molar refractivity (Wildman–Crippen MR) is 107 cm³/mol. The lowest BCUT2D eigenvalue weighted by Crippen LogP contribution is -2.32. The van der Waals surface area contributed by atoms with Crippen molar-refractivity contribution in [1.82, 2.24) is 29.8 Å². The first-order chi connectivity index (χ1) is 13.7. The van der Waals surface area contributed by atoms with Crippen LogP contribution in [0.5, 0.6) is 0 Å². The molecule has 0 spiro atoms. The maximum Gasteiger partial charge on any atom is 0.177 e. The average Bonchev–Trinajstić information content (AvgIpc) is 3.16. The van der Waals surface area contributed by atoms with E-state index >= 15 is 0 Å². The molecule has 1 aliphatic heterocycles. The molecule has 0 aromatic carbocycles. The summed E-state index contributed by atoms with van der Waals surface area (Å²) in [6, 6.07) is 6.18. The Labute approximate surface area is 162 Å². The first-order valence-corrected chi connectivity index (χ1v) is 9.25. The first-order valence-electron chi connectivity index (χ1n) is 9.25. The van der Waals surface area contributed by atoms with E-state index in [0.29, 0.717) is 0 Å². The van der Waals surface area contributed by atoms with E-state index in [1.807, 2.05) is 31.5 Å². The zero-order chi connectivity index (χ0) is 19.1. The van der Waals surface area contributed by atoms with Crippen LogP contribution < -0.4 is 10.2 Å². The summed E-state index contributed by atoms with van der Waals surface area (Å²) in [4.78, 5) is 11.1. The minimum absolute atomic E-state index is 0.763. The molecule has 0 radical (unpaired) electrons. The van der Waals surface area contributed by atoms with E-state index in [1.165, 1.54) is 5.56 Å². The van der Waals surface area contributed by atoms with Crippen molar-refractivity contribution in [2.24, 2.45) is 0 Å². The van der Waals surface area contributed by atoms with E-state index < -0.39 is 0 Å². The highest BCUT2D eigenvalue weighted by molar-refractivity contribution is 5.63. The lowest BCUT2D eigenvalue weighted by molar-refractivity contribution is 0.689. The third-order valence-corrected chi connectivity index (χ3v) is 5.10. The van der Waals surface area contributed by atoms with Crippen molar-refractivity contribution in [3.8, 4) is 0 Å². The largest absolute Gasteiger partial charge is 0.354 e. The fourth-order valence-electron chi connectivity index (χ4n) is 3.61. The highest BCUT2D eigenvalue weighted by Gasteiger charge is 2.21. The molecule has 1 aliphatic rings. The SMILES string of the molecule is Cc1cnccc1Nc1cnc2c(c1)CN(c1nn3cnnc3cc1C)CC2. The molecular weight excluding hydrogens is 352 g/mol. The predicted octanol–water partition coefficient (Wildman–Crippen LogP) is 2.84. The Bertz CT molecular complexity index is 1170. The van der Waals surface area contributed by atoms with Gasteiger partial charge in [0.05, 0.1) is 11.9 Å². The molecule has 0 fully saturated rings. The van der Waals surface area contributed by atoms with Crippen LogP contribution >= 0.6 is 0 Å². The van der Waals surface area contributed by atoms with E-state index in [4.69, 9.17) is 5.10 Å². The van der Waals surface area contributed by atoms with Crippen LogP contribution in [0.15, 0.2) is 43.1 Å². The van der Waals surface area contributed by atoms with Gasteiger partial charge in [0, 0.05) is 43.3 Å². The van der Waals surface area contributed by atoms with Crippen molar-refractivity contribution in [3.63, 3.8) is 0 Å². The van der Waals surface area contributed by atoms with E-state index in [9.17, 15) is 0 Å². The lowest BCUT2D eigenvalue weighted by atomic mass is 10.0. The van der Waals surface area contributed by atoms with Crippen LogP contribution in [-0.4, -0.2) is 36.3 Å². The Kier molecular flexibility index (Phi) is 3.89. The number of pyridine rings is 2. The number of aryl methyl sites for hydroxylation is 2. The third-order valence-electron chi connectivity index (χ3n) is 5.10. The number of nitrogens with one attached hydrogen (secondary N) is 1. The fourth-order valence-corrected chi connectivity index (χ4v) is 3.61. The molecule has 4 aromatic heterocycles. The summed E-state index contributed by atoms with van der Waals surface area (Å²) in [5.74, 6) is 0.960. The van der Waals surface area contributed by atoms with Crippen LogP contribution in [0.2, 0.25) is 0 Å². The van der Waals surface area contributed by atoms with Crippen LogP contribution in [0.1, 0.15) is 22.4 Å². The molecule has 5 heterocycles. The number of fused-ring (bicyclic) bond motifs is 2. The summed E-state index contributed by atoms with van der Waals surface area (Å²) in [7, 11) is 0. The van der Waals surface area contributed by atoms with Crippen molar-refractivity contribution in [1.29, 1.82) is 0 Å². The number of nitrogens with zero attached hydrogens (tertiary/aromatic N) is 7. The smallest absolute Gasteiger partial charge is 0.177 e. The number of hydrogen-bond donors (Lipinski definition) is 1. The van der Waals surface area contributed by atoms with Crippen molar-refractivity contribution in [3.05, 3.63) is 65.5 Å². The van der Waals surface area contributed by atoms with Gasteiger partial charge in [-0.25, -0.2) is 0 Å². The topological polar surface area (TPSA) is 84.1 Å². The summed E-state index contributed by atoms with van der Waals surface area (Å²) in [5.41, 5.74) is 7.35. The lowest BCUT2D eigenvalue weighted by Gasteiger charge is -2.30. The first kappa shape index (κ1) is 16.6. The van der Waals surface area contributed by atoms with Gasteiger partial charge in [0.25, 0.3) is 0 Å². The van der Waals surface area contributed by atoms with E-state index in [-0.39, 0.29) is 0 Å². The number of hydrogen-bond acceptors (Lipinski definition) is 7. The van der Waals surface area contributed by atoms with Crippen molar-refractivity contribution < 1.29 is 0 Å². The molecule has 0 saturated heterocycles. The second-order valence-electron chi connectivity index (χ2n) is 7.10. The molecule has 1 N–H and O–H groups in total. The Morgan fingerprint density at radius 2 is 2.04 bits per heavy atom. The number of aromatic nitrogens is 6. The van der Waals surface area contributed by atoms with E-state index in [2.05, 4.69) is 43.4 Å². The third kappa shape index (κ3) is 2.92. The fraction of sp³-hybridized carbons (Fsp3) is 0.250. The summed E-state index contributed by atoms with van der Waals surface area (Å²) >= 11 is 0. The van der Waals surface area contributed by atoms with Crippen molar-refractivity contribution in [2.45, 2.75) is 26.8 Å². The Balaban J connectivity index is 1.44. The molecule has 5 rings (SSSR count). The minimum Gasteiger partial charge on any atom is -0.354 e. The van der Waals surface area contributed by atoms with Crippen LogP contribution in [-0.2, 0) is 13.0 Å². The van der Waals surface area contributed by atoms with Gasteiger partial charge in [-0.2, -0.15) is 4.52 Å². The average molecular weight is 372 g/mol. The molecule has 4 aromatic rings. The quantitative estimate of drug-likeness (QED) is 0.592. The molecule has 0 amide bonds. The van der Waals surface area contributed by atoms with Gasteiger partial charge in [-0.3, -0.25) is 9.97 Å². The van der Waals surface area contributed by atoms with Gasteiger partial charge in [0.15, 0.2) is 11.5 Å². The highest BCUT2D eigenvalue weighted by atomic mass is 15.4. The molecule has 0 atom stereocenters. The normalized spacial score (nSPS) is 13.6. The Morgan fingerprint density at radius 3 is 2.93 bits per heavy atom. The molecular formula is C20H20N8. The molecule has 8 nitrogen and oxygen atoms in total. The molecule has 140 valence electrons. The van der Waals surface area contributed by atoms with E-state index in [0.717, 1.165) is 59.2 Å². The number of anilines is 3. The summed E-state index contributed by atoms with van der Waals surface area (Å²) in [6.07, 6.45) is 8.08. The maximum atomic E-state index is 4.71. The summed E-state index contributed by atoms with van der Waals surface area (Å²) in [5, 5.41) is 16.2. The summed E-state index contributed by atoms with van der Waals surface area (Å²) < 4.78 is 1.72. The standard InChI is InChI=1S/C20H20N8/c1-13-7-19-25-23-12-28(19)26-20(13)27-6-4-18-15(11-27)8-16(10-22-18)24-17-3-5-21-9-14(17)2/h3,5,7-10,12H,4,6,11H2,1-2H3,(H,21,24). The van der Waals surface area contributed by atoms with Crippen molar-refractivity contribution in [2.75, 3.05) is 16.8 Å². The van der Waals surface area contributed by atoms with Crippen LogP contribution in [0.4, 0.5) is 17.2 Å². The zero-order valence-electron chi connectivity index (χ0n) is 15.8. The second kappa shape index (κ2) is 6.56. The Morgan fingerprint density at radius 1 is 1.11 bits per heavy atom. The van der Waals surface area contributed by atoms with Gasteiger partial charge in [0.1, 0.15) is 6.33 Å². The summed E-state index contributed by atoms with van der Waals surface area (Å²) in [6.45, 7) is 5.76. The Hall–Kier alpha value is -3.55. The van der Waals surface area contributed by atoms with Gasteiger partial charge < -0.3 is 10.2 Å². The van der Waals surface area contributed by atoms with Crippen LogP contribution in [0.25, 0.3) is 5.65 Å². The minimum atomic E-state index is 0.763. The maximum absolute atomic E-state index is 4.71. The number of rotatable bonds is 3. The second-order valence-corrected chi connectivity index (χ2v) is 7.10. The van der Waals surface area contributed by atoms with Gasteiger partial charge in [-0.1, -0.05) is 0 Å². The molecule has 0 saturated carbocycles. The van der Waals surface area contributed by atoms with Gasteiger partial charge in [-0.15, -0.1) is 15.3 Å². The molecule has 28 heavy (non-hydrogen) atoms. The van der Waals surface area contributed by atoms with E-state index in [1.54, 1.807) is 17.0 Å². The van der Waals surface area contributed by atoms with Gasteiger partial charge in [0.2, 0.25) is 0 Å². The van der Waals surface area contributed by atoms with Crippen LogP contribution in [0, 0.1) is 13.8 Å². The molecule has 0 unspecified atom stereocenters. The zero-order valence-corrected chi connectivity index (χ0v) is 15.8.